The number of rotatable bonds is 7. The van der Waals surface area contributed by atoms with Gasteiger partial charge in [0.2, 0.25) is 11.1 Å². The first-order chi connectivity index (χ1) is 14.0. The molecule has 0 spiro atoms. The number of anilines is 1. The zero-order chi connectivity index (χ0) is 20.8. The largest absolute Gasteiger partial charge is 0.311 e. The van der Waals surface area contributed by atoms with E-state index in [1.807, 2.05) is 32.0 Å². The Morgan fingerprint density at radius 1 is 1.21 bits per heavy atom. The molecule has 9 heteroatoms. The van der Waals surface area contributed by atoms with E-state index in [1.54, 1.807) is 33.8 Å². The van der Waals surface area contributed by atoms with Gasteiger partial charge in [-0.1, -0.05) is 29.4 Å². The van der Waals surface area contributed by atoms with Gasteiger partial charge in [-0.15, -0.1) is 5.10 Å². The van der Waals surface area contributed by atoms with Crippen molar-refractivity contribution in [2.75, 3.05) is 17.2 Å². The number of carbonyl (C=O) groups is 1. The van der Waals surface area contributed by atoms with E-state index in [0.29, 0.717) is 16.7 Å². The summed E-state index contributed by atoms with van der Waals surface area (Å²) < 4.78 is 1.56. The number of amides is 1. The number of thioether (sulfide) groups is 1. The quantitative estimate of drug-likeness (QED) is 0.531. The Labute approximate surface area is 178 Å². The number of hydrogen-bond acceptors (Lipinski definition) is 6. The van der Waals surface area contributed by atoms with Gasteiger partial charge < -0.3 is 4.90 Å². The van der Waals surface area contributed by atoms with Crippen LogP contribution < -0.4 is 4.90 Å². The van der Waals surface area contributed by atoms with Crippen molar-refractivity contribution in [1.82, 2.24) is 20.2 Å². The topological polar surface area (TPSA) is 87.7 Å². The number of nitrogens with zero attached hydrogens (tertiary/aromatic N) is 6. The third-order valence-electron chi connectivity index (χ3n) is 4.10. The van der Waals surface area contributed by atoms with E-state index in [1.165, 1.54) is 11.8 Å². The van der Waals surface area contributed by atoms with Crippen LogP contribution in [0.4, 0.5) is 5.69 Å². The molecule has 3 aromatic rings. The highest BCUT2D eigenvalue weighted by Gasteiger charge is 2.19. The first-order valence-electron chi connectivity index (χ1n) is 8.90. The summed E-state index contributed by atoms with van der Waals surface area (Å²) >= 11 is 7.18. The molecule has 29 heavy (non-hydrogen) atoms. The lowest BCUT2D eigenvalue weighted by Gasteiger charge is -2.22. The number of tetrazole rings is 1. The molecular formula is C20H19ClN6OS. The molecular weight excluding hydrogens is 408 g/mol. The molecule has 0 atom stereocenters. The lowest BCUT2D eigenvalue weighted by Crippen LogP contribution is -2.33. The van der Waals surface area contributed by atoms with Crippen molar-refractivity contribution in [3.8, 4) is 11.8 Å². The van der Waals surface area contributed by atoms with Gasteiger partial charge >= 0.3 is 0 Å². The molecule has 7 nitrogen and oxygen atoms in total. The highest BCUT2D eigenvalue weighted by Crippen LogP contribution is 2.23. The van der Waals surface area contributed by atoms with Crippen LogP contribution in [0.5, 0.6) is 0 Å². The fraction of sp³-hybridized carbons (Fsp3) is 0.250. The second-order valence-electron chi connectivity index (χ2n) is 6.44. The fourth-order valence-corrected chi connectivity index (χ4v) is 3.78. The summed E-state index contributed by atoms with van der Waals surface area (Å²) in [5.74, 6) is 0.0349. The summed E-state index contributed by atoms with van der Waals surface area (Å²) in [6, 6.07) is 15.2. The minimum Gasteiger partial charge on any atom is -0.311 e. The summed E-state index contributed by atoms with van der Waals surface area (Å²) in [5.41, 5.74) is 3.67. The van der Waals surface area contributed by atoms with E-state index in [0.717, 1.165) is 22.5 Å². The van der Waals surface area contributed by atoms with Crippen LogP contribution in [0, 0.1) is 25.2 Å². The Hall–Kier alpha value is -2.89. The zero-order valence-corrected chi connectivity index (χ0v) is 17.6. The molecule has 0 aliphatic carbocycles. The molecule has 2 aromatic carbocycles. The van der Waals surface area contributed by atoms with Crippen LogP contribution >= 0.6 is 23.4 Å². The highest BCUT2D eigenvalue weighted by molar-refractivity contribution is 7.99. The summed E-state index contributed by atoms with van der Waals surface area (Å²) in [4.78, 5) is 14.6. The molecule has 0 aliphatic heterocycles. The third-order valence-corrected chi connectivity index (χ3v) is 5.26. The van der Waals surface area contributed by atoms with Crippen LogP contribution in [0.1, 0.15) is 17.5 Å². The smallest absolute Gasteiger partial charge is 0.237 e. The third kappa shape index (κ3) is 5.34. The summed E-state index contributed by atoms with van der Waals surface area (Å²) in [6.45, 7) is 4.30. The molecule has 0 N–H and O–H groups in total. The van der Waals surface area contributed by atoms with E-state index >= 15 is 0 Å². The van der Waals surface area contributed by atoms with Crippen molar-refractivity contribution in [1.29, 1.82) is 5.26 Å². The van der Waals surface area contributed by atoms with Gasteiger partial charge in [-0.3, -0.25) is 4.79 Å². The molecule has 148 valence electrons. The average molecular weight is 427 g/mol. The van der Waals surface area contributed by atoms with Gasteiger partial charge in [-0.05, 0) is 71.8 Å². The zero-order valence-electron chi connectivity index (χ0n) is 16.0. The van der Waals surface area contributed by atoms with Crippen LogP contribution in [0.2, 0.25) is 5.02 Å². The van der Waals surface area contributed by atoms with Gasteiger partial charge in [0, 0.05) is 17.3 Å². The highest BCUT2D eigenvalue weighted by atomic mass is 35.5. The number of benzene rings is 2. The van der Waals surface area contributed by atoms with Crippen molar-refractivity contribution in [2.45, 2.75) is 25.4 Å². The van der Waals surface area contributed by atoms with E-state index in [2.05, 4.69) is 21.6 Å². The molecule has 1 heterocycles. The van der Waals surface area contributed by atoms with E-state index in [4.69, 9.17) is 16.9 Å². The summed E-state index contributed by atoms with van der Waals surface area (Å²) in [5, 5.41) is 21.8. The number of halogens is 1. The summed E-state index contributed by atoms with van der Waals surface area (Å²) in [6.07, 6.45) is 0.256. The molecule has 1 amide bonds. The number of aryl methyl sites for hydroxylation is 2. The van der Waals surface area contributed by atoms with Gasteiger partial charge in [-0.25, -0.2) is 0 Å². The second kappa shape index (κ2) is 9.54. The Morgan fingerprint density at radius 3 is 2.55 bits per heavy atom. The lowest BCUT2D eigenvalue weighted by molar-refractivity contribution is -0.116. The Bertz CT molecular complexity index is 1020. The fourth-order valence-electron chi connectivity index (χ4n) is 2.88. The Kier molecular flexibility index (Phi) is 6.86. The molecule has 0 saturated heterocycles. The van der Waals surface area contributed by atoms with Gasteiger partial charge in [0.05, 0.1) is 23.9 Å². The minimum atomic E-state index is -0.110. The van der Waals surface area contributed by atoms with Crippen molar-refractivity contribution in [3.05, 3.63) is 58.6 Å². The predicted molar refractivity (Wildman–Crippen MR) is 113 cm³/mol. The summed E-state index contributed by atoms with van der Waals surface area (Å²) in [7, 11) is 0. The Balaban J connectivity index is 1.76. The number of aromatic nitrogens is 4. The molecule has 0 unspecified atom stereocenters. The van der Waals surface area contributed by atoms with Gasteiger partial charge in [0.25, 0.3) is 0 Å². The molecule has 0 fully saturated rings. The van der Waals surface area contributed by atoms with Crippen LogP contribution in [0.3, 0.4) is 0 Å². The van der Waals surface area contributed by atoms with Crippen LogP contribution in [0.25, 0.3) is 5.69 Å². The van der Waals surface area contributed by atoms with E-state index in [9.17, 15) is 4.79 Å². The second-order valence-corrected chi connectivity index (χ2v) is 7.82. The standard InChI is InChI=1S/C20H19ClN6OS/c1-14-10-15(2)12-18(11-14)26(9-3-8-22)19(28)13-29-20-23-24-25-27(20)17-6-4-16(21)5-7-17/h4-7,10-12H,3,9,13H2,1-2H3. The first kappa shape index (κ1) is 20.8. The predicted octanol–water partition coefficient (Wildman–Crippen LogP) is 3.97. The SMILES string of the molecule is Cc1cc(C)cc(N(CCC#N)C(=O)CSc2nnnn2-c2ccc(Cl)cc2)c1. The molecule has 0 aliphatic rings. The van der Waals surface area contributed by atoms with Crippen molar-refractivity contribution in [3.63, 3.8) is 0 Å². The van der Waals surface area contributed by atoms with E-state index in [-0.39, 0.29) is 18.1 Å². The van der Waals surface area contributed by atoms with Gasteiger partial charge in [0.15, 0.2) is 0 Å². The van der Waals surface area contributed by atoms with Crippen LogP contribution in [0.15, 0.2) is 47.6 Å². The van der Waals surface area contributed by atoms with Crippen molar-refractivity contribution >= 4 is 35.0 Å². The molecule has 0 bridgehead atoms. The monoisotopic (exact) mass is 426 g/mol. The maximum atomic E-state index is 13.0. The van der Waals surface area contributed by atoms with Gasteiger partial charge in [-0.2, -0.15) is 9.94 Å². The van der Waals surface area contributed by atoms with E-state index < -0.39 is 0 Å². The lowest BCUT2D eigenvalue weighted by atomic mass is 10.1. The van der Waals surface area contributed by atoms with Crippen LogP contribution in [-0.2, 0) is 4.79 Å². The van der Waals surface area contributed by atoms with Gasteiger partial charge in [0.1, 0.15) is 0 Å². The Morgan fingerprint density at radius 2 is 1.90 bits per heavy atom. The minimum absolute atomic E-state index is 0.110. The molecule has 0 radical (unpaired) electrons. The normalized spacial score (nSPS) is 10.6. The maximum absolute atomic E-state index is 13.0. The first-order valence-corrected chi connectivity index (χ1v) is 10.3. The maximum Gasteiger partial charge on any atom is 0.237 e. The average Bonchev–Trinajstić information content (AvgIpc) is 3.15. The molecule has 1 aromatic heterocycles. The number of nitriles is 1. The number of carbonyl (C=O) groups excluding carboxylic acids is 1. The molecule has 3 rings (SSSR count). The van der Waals surface area contributed by atoms with Crippen molar-refractivity contribution in [2.24, 2.45) is 0 Å². The molecule has 0 saturated carbocycles. The van der Waals surface area contributed by atoms with Crippen molar-refractivity contribution < 1.29 is 4.79 Å². The number of hydrogen-bond donors (Lipinski definition) is 0. The van der Waals surface area contributed by atoms with Crippen LogP contribution in [-0.4, -0.2) is 38.4 Å².